The molecule has 1 aliphatic carbocycles. The minimum atomic E-state index is -1.92. The number of carbonyl (C=O) groups excluding carboxylic acids is 3. The van der Waals surface area contributed by atoms with Crippen molar-refractivity contribution in [2.24, 2.45) is 0 Å². The molecule has 0 bridgehead atoms. The van der Waals surface area contributed by atoms with Gasteiger partial charge in [0.1, 0.15) is 6.61 Å². The average Bonchev–Trinajstić information content (AvgIpc) is 2.38. The summed E-state index contributed by atoms with van der Waals surface area (Å²) in [5.74, 6) is -1.72. The molecule has 1 amide bonds. The van der Waals surface area contributed by atoms with E-state index in [0.717, 1.165) is 0 Å². The minimum absolute atomic E-state index is 0.292. The molecular formula is C12H13Cl2NO4S. The lowest BCUT2D eigenvalue weighted by Crippen LogP contribution is -2.56. The number of Topliss-reactive ketones (excluding diaryl/α,β-unsaturated/α-hetero) is 2. The first kappa shape index (κ1) is 15.8. The number of carbonyl (C=O) groups is 3. The van der Waals surface area contributed by atoms with Gasteiger partial charge >= 0.3 is 0 Å². The molecule has 0 aromatic heterocycles. The highest BCUT2D eigenvalue weighted by Gasteiger charge is 2.48. The summed E-state index contributed by atoms with van der Waals surface area (Å²) in [5.41, 5.74) is 0. The molecule has 1 saturated heterocycles. The molecule has 0 aromatic rings. The van der Waals surface area contributed by atoms with Gasteiger partial charge in [0.15, 0.2) is 11.6 Å². The van der Waals surface area contributed by atoms with Gasteiger partial charge in [0.05, 0.1) is 17.2 Å². The zero-order valence-corrected chi connectivity index (χ0v) is 12.8. The maximum absolute atomic E-state index is 12.1. The Kier molecular flexibility index (Phi) is 4.79. The molecule has 0 aromatic carbocycles. The zero-order chi connectivity index (χ0) is 14.9. The van der Waals surface area contributed by atoms with E-state index in [1.165, 1.54) is 0 Å². The molecule has 20 heavy (non-hydrogen) atoms. The van der Waals surface area contributed by atoms with E-state index in [2.05, 4.69) is 17.9 Å². The summed E-state index contributed by atoms with van der Waals surface area (Å²) < 4.78 is 5.01. The molecule has 8 heteroatoms. The summed E-state index contributed by atoms with van der Waals surface area (Å²) in [6.45, 7) is -0.301. The minimum Gasteiger partial charge on any atom is -0.346 e. The predicted octanol–water partition coefficient (Wildman–Crippen LogP) is 0.831. The molecule has 0 spiro atoms. The molecule has 4 unspecified atom stereocenters. The van der Waals surface area contributed by atoms with Crippen molar-refractivity contribution in [3.8, 4) is 0 Å². The van der Waals surface area contributed by atoms with Crippen LogP contribution in [0.3, 0.4) is 0 Å². The number of nitrogens with one attached hydrogen (secondary N) is 1. The monoisotopic (exact) mass is 337 g/mol. The zero-order valence-electron chi connectivity index (χ0n) is 10.3. The molecule has 2 rings (SSSR count). The molecule has 1 heterocycles. The number of hydrogen-bond acceptors (Lipinski definition) is 5. The summed E-state index contributed by atoms with van der Waals surface area (Å²) >= 11 is 15.9. The lowest BCUT2D eigenvalue weighted by Gasteiger charge is -2.32. The highest BCUT2D eigenvalue weighted by Crippen LogP contribution is 2.26. The number of allylic oxidation sites excluding steroid dienone is 1. The third-order valence-corrected chi connectivity index (χ3v) is 4.76. The van der Waals surface area contributed by atoms with E-state index in [0.29, 0.717) is 6.42 Å². The van der Waals surface area contributed by atoms with Crippen LogP contribution in [-0.4, -0.2) is 45.8 Å². The van der Waals surface area contributed by atoms with Crippen molar-refractivity contribution in [1.82, 2.24) is 5.32 Å². The molecule has 1 N–H and O–H groups in total. The fourth-order valence-electron chi connectivity index (χ4n) is 1.99. The van der Waals surface area contributed by atoms with Crippen LogP contribution >= 0.6 is 35.8 Å². The largest absolute Gasteiger partial charge is 0.346 e. The van der Waals surface area contributed by atoms with Crippen LogP contribution in [0.25, 0.3) is 0 Å². The molecule has 2 aliphatic rings. The predicted molar refractivity (Wildman–Crippen MR) is 77.3 cm³/mol. The smallest absolute Gasteiger partial charge is 0.271 e. The Morgan fingerprint density at radius 3 is 2.70 bits per heavy atom. The summed E-state index contributed by atoms with van der Waals surface area (Å²) in [6.07, 6.45) is 3.49. The van der Waals surface area contributed by atoms with Gasteiger partial charge in [-0.2, -0.15) is 0 Å². The fraction of sp³-hybridized carbons (Fsp3) is 0.583. The van der Waals surface area contributed by atoms with Crippen molar-refractivity contribution in [3.05, 3.63) is 12.2 Å². The third-order valence-electron chi connectivity index (χ3n) is 3.15. The van der Waals surface area contributed by atoms with E-state index in [9.17, 15) is 14.4 Å². The molecular weight excluding hydrogens is 325 g/mol. The van der Waals surface area contributed by atoms with E-state index in [-0.39, 0.29) is 35.6 Å². The summed E-state index contributed by atoms with van der Waals surface area (Å²) in [7, 11) is 0. The highest BCUT2D eigenvalue weighted by molar-refractivity contribution is 7.83. The Bertz CT molecular complexity index is 484. The summed E-state index contributed by atoms with van der Waals surface area (Å²) in [4.78, 5) is 33.1. The maximum Gasteiger partial charge on any atom is 0.271 e. The Labute approximate surface area is 131 Å². The number of halogens is 2. The maximum atomic E-state index is 12.1. The van der Waals surface area contributed by atoms with Crippen molar-refractivity contribution < 1.29 is 19.1 Å². The van der Waals surface area contributed by atoms with Gasteiger partial charge in [-0.05, 0) is 6.42 Å². The number of amides is 1. The number of rotatable bonds is 2. The number of alkyl halides is 2. The SMILES string of the molecule is O=C1COC(S)(C(=O)NC2C=CC(Cl)C(Cl)C2)C(=O)C1. The number of ketones is 2. The second-order valence-electron chi connectivity index (χ2n) is 4.73. The first-order valence-corrected chi connectivity index (χ1v) is 7.33. The van der Waals surface area contributed by atoms with Gasteiger partial charge in [-0.3, -0.25) is 14.4 Å². The molecule has 110 valence electrons. The van der Waals surface area contributed by atoms with Gasteiger partial charge in [0.25, 0.3) is 5.91 Å². The quantitative estimate of drug-likeness (QED) is 0.339. The van der Waals surface area contributed by atoms with E-state index >= 15 is 0 Å². The summed E-state index contributed by atoms with van der Waals surface area (Å²) in [5, 5.41) is 2.02. The van der Waals surface area contributed by atoms with Crippen LogP contribution in [0.1, 0.15) is 12.8 Å². The molecule has 0 saturated carbocycles. The Hall–Kier alpha value is -0.560. The molecule has 4 atom stereocenters. The second kappa shape index (κ2) is 6.05. The van der Waals surface area contributed by atoms with Crippen molar-refractivity contribution in [3.63, 3.8) is 0 Å². The summed E-state index contributed by atoms with van der Waals surface area (Å²) in [6, 6.07) is -0.349. The van der Waals surface area contributed by atoms with Gasteiger partial charge in [0, 0.05) is 6.04 Å². The van der Waals surface area contributed by atoms with Crippen LogP contribution in [0.2, 0.25) is 0 Å². The lowest BCUT2D eigenvalue weighted by atomic mass is 10.0. The van der Waals surface area contributed by atoms with Crippen LogP contribution in [0.4, 0.5) is 0 Å². The average molecular weight is 338 g/mol. The van der Waals surface area contributed by atoms with Crippen LogP contribution in [-0.2, 0) is 19.1 Å². The van der Waals surface area contributed by atoms with Gasteiger partial charge in [0.2, 0.25) is 4.93 Å². The van der Waals surface area contributed by atoms with Crippen LogP contribution in [0.15, 0.2) is 12.2 Å². The molecule has 1 aliphatic heterocycles. The lowest BCUT2D eigenvalue weighted by molar-refractivity contribution is -0.156. The van der Waals surface area contributed by atoms with Crippen LogP contribution in [0.5, 0.6) is 0 Å². The highest BCUT2D eigenvalue weighted by atomic mass is 35.5. The standard InChI is InChI=1S/C12H13Cl2NO4S/c13-8-2-1-6(3-9(8)14)15-11(18)12(20)10(17)4-7(16)5-19-12/h1-2,6,8-9,20H,3-5H2,(H,15,18). The van der Waals surface area contributed by atoms with Crippen LogP contribution in [0, 0.1) is 0 Å². The Balaban J connectivity index is 2.03. The van der Waals surface area contributed by atoms with E-state index < -0.39 is 16.6 Å². The van der Waals surface area contributed by atoms with Crippen molar-refractivity contribution in [2.45, 2.75) is 34.6 Å². The van der Waals surface area contributed by atoms with Gasteiger partial charge < -0.3 is 10.1 Å². The van der Waals surface area contributed by atoms with Crippen molar-refractivity contribution in [1.29, 1.82) is 0 Å². The van der Waals surface area contributed by atoms with Crippen molar-refractivity contribution in [2.75, 3.05) is 6.61 Å². The fourth-order valence-corrected chi connectivity index (χ4v) is 2.66. The van der Waals surface area contributed by atoms with E-state index in [1.54, 1.807) is 12.2 Å². The Morgan fingerprint density at radius 1 is 1.40 bits per heavy atom. The molecule has 1 fully saturated rings. The number of thiol groups is 1. The van der Waals surface area contributed by atoms with Crippen LogP contribution < -0.4 is 5.32 Å². The Morgan fingerprint density at radius 2 is 2.10 bits per heavy atom. The van der Waals surface area contributed by atoms with Gasteiger partial charge in [-0.1, -0.05) is 12.2 Å². The topological polar surface area (TPSA) is 72.5 Å². The van der Waals surface area contributed by atoms with Gasteiger partial charge in [-0.15, -0.1) is 35.8 Å². The number of hydrogen-bond donors (Lipinski definition) is 2. The first-order chi connectivity index (χ1) is 9.33. The van der Waals surface area contributed by atoms with E-state index in [1.807, 2.05) is 0 Å². The first-order valence-electron chi connectivity index (χ1n) is 6.01. The number of ether oxygens (including phenoxy) is 1. The molecule has 5 nitrogen and oxygen atoms in total. The second-order valence-corrected chi connectivity index (χ2v) is 6.43. The third kappa shape index (κ3) is 3.19. The van der Waals surface area contributed by atoms with E-state index in [4.69, 9.17) is 27.9 Å². The molecule has 0 radical (unpaired) electrons. The van der Waals surface area contributed by atoms with Crippen molar-refractivity contribution >= 4 is 53.3 Å². The van der Waals surface area contributed by atoms with Gasteiger partial charge in [-0.25, -0.2) is 0 Å². The normalized spacial score (nSPS) is 37.9.